The fourth-order valence-corrected chi connectivity index (χ4v) is 0.948. The monoisotopic (exact) mass is 235 g/mol. The quantitative estimate of drug-likeness (QED) is 0.665. The second-order valence-corrected chi connectivity index (χ2v) is 2.93. The Kier molecular flexibility index (Phi) is 4.47. The van der Waals surface area contributed by atoms with Crippen LogP contribution >= 0.6 is 0 Å². The van der Waals surface area contributed by atoms with Crippen LogP contribution in [0.4, 0.5) is 10.5 Å². The van der Waals surface area contributed by atoms with Gasteiger partial charge in [0.25, 0.3) is 0 Å². The Labute approximate surface area is 96.6 Å². The summed E-state index contributed by atoms with van der Waals surface area (Å²) >= 11 is 0. The van der Waals surface area contributed by atoms with Gasteiger partial charge in [0.2, 0.25) is 0 Å². The lowest BCUT2D eigenvalue weighted by atomic mass is 10.2. The summed E-state index contributed by atoms with van der Waals surface area (Å²) in [6, 6.07) is 7.38. The van der Waals surface area contributed by atoms with Gasteiger partial charge in [0.1, 0.15) is 0 Å². The third-order valence-electron chi connectivity index (χ3n) is 1.63. The minimum Gasteiger partial charge on any atom is -0.479 e. The maximum atomic E-state index is 11.1. The number of rotatable bonds is 4. The van der Waals surface area contributed by atoms with Crippen molar-refractivity contribution in [2.24, 2.45) is 0 Å². The molecule has 0 fully saturated rings. The number of hydrogen-bond donors (Lipinski definition) is 3. The lowest BCUT2D eigenvalue weighted by molar-refractivity contribution is -0.143. The molecule has 0 aliphatic heterocycles. The van der Waals surface area contributed by atoms with Crippen LogP contribution in [-0.2, 0) is 9.63 Å². The van der Waals surface area contributed by atoms with Gasteiger partial charge in [0, 0.05) is 5.69 Å². The van der Waals surface area contributed by atoms with Crippen LogP contribution in [0.2, 0.25) is 0 Å². The zero-order valence-electron chi connectivity index (χ0n) is 8.64. The number of hydroxylamine groups is 1. The molecule has 17 heavy (non-hydrogen) atoms. The highest BCUT2D eigenvalue weighted by Gasteiger charge is 2.03. The average Bonchev–Trinajstić information content (AvgIpc) is 2.29. The molecule has 1 aromatic rings. The fraction of sp³-hybridized carbons (Fsp3) is 0.100. The summed E-state index contributed by atoms with van der Waals surface area (Å²) in [6.07, 6.45) is 0. The highest BCUT2D eigenvalue weighted by atomic mass is 16.7. The van der Waals surface area contributed by atoms with Crippen molar-refractivity contribution in [3.63, 3.8) is 0 Å². The summed E-state index contributed by atoms with van der Waals surface area (Å²) in [5.74, 6) is -1.19. The fourth-order valence-electron chi connectivity index (χ4n) is 0.948. The van der Waals surface area contributed by atoms with Crippen molar-refractivity contribution in [1.82, 2.24) is 5.48 Å². The van der Waals surface area contributed by atoms with Gasteiger partial charge in [-0.2, -0.15) is 5.26 Å². The Bertz CT molecular complexity index is 450. The molecule has 0 saturated heterocycles. The molecule has 0 aliphatic rings. The van der Waals surface area contributed by atoms with Crippen molar-refractivity contribution in [2.45, 2.75) is 0 Å². The average molecular weight is 235 g/mol. The molecule has 0 radical (unpaired) electrons. The number of benzene rings is 1. The molecule has 0 atom stereocenters. The van der Waals surface area contributed by atoms with E-state index in [2.05, 4.69) is 10.2 Å². The molecular weight excluding hydrogens is 226 g/mol. The molecule has 1 aromatic carbocycles. The number of hydrogen-bond acceptors (Lipinski definition) is 4. The first kappa shape index (κ1) is 12.5. The van der Waals surface area contributed by atoms with Crippen molar-refractivity contribution in [3.05, 3.63) is 29.8 Å². The molecule has 0 heterocycles. The van der Waals surface area contributed by atoms with Gasteiger partial charge < -0.3 is 10.4 Å². The van der Waals surface area contributed by atoms with E-state index >= 15 is 0 Å². The third kappa shape index (κ3) is 4.63. The van der Waals surface area contributed by atoms with Gasteiger partial charge in [0.15, 0.2) is 6.61 Å². The van der Waals surface area contributed by atoms with E-state index in [1.165, 1.54) is 24.3 Å². The molecule has 0 aliphatic carbocycles. The zero-order chi connectivity index (χ0) is 12.7. The molecule has 0 aromatic heterocycles. The Hall–Kier alpha value is -2.59. The zero-order valence-corrected chi connectivity index (χ0v) is 8.64. The van der Waals surface area contributed by atoms with E-state index in [0.717, 1.165) is 0 Å². The second-order valence-electron chi connectivity index (χ2n) is 2.93. The first-order valence-corrected chi connectivity index (χ1v) is 4.52. The Balaban J connectivity index is 2.40. The first-order valence-electron chi connectivity index (χ1n) is 4.52. The van der Waals surface area contributed by atoms with E-state index in [4.69, 9.17) is 10.4 Å². The lowest BCUT2D eigenvalue weighted by Gasteiger charge is -2.06. The number of urea groups is 1. The maximum absolute atomic E-state index is 11.1. The van der Waals surface area contributed by atoms with E-state index in [1.807, 2.05) is 11.5 Å². The van der Waals surface area contributed by atoms with Crippen LogP contribution in [0.3, 0.4) is 0 Å². The first-order chi connectivity index (χ1) is 8.11. The van der Waals surface area contributed by atoms with E-state index < -0.39 is 18.6 Å². The molecule has 0 bridgehead atoms. The minimum atomic E-state index is -1.19. The SMILES string of the molecule is N#Cc1ccc(NC(=O)NOCC(=O)O)cc1. The van der Waals surface area contributed by atoms with Crippen molar-refractivity contribution < 1.29 is 19.5 Å². The smallest absolute Gasteiger partial charge is 0.343 e. The number of carbonyl (C=O) groups excluding carboxylic acids is 1. The van der Waals surface area contributed by atoms with Crippen molar-refractivity contribution in [2.75, 3.05) is 11.9 Å². The predicted molar refractivity (Wildman–Crippen MR) is 56.9 cm³/mol. The van der Waals surface area contributed by atoms with Crippen LogP contribution in [0.1, 0.15) is 5.56 Å². The lowest BCUT2D eigenvalue weighted by Crippen LogP contribution is -2.30. The maximum Gasteiger partial charge on any atom is 0.343 e. The molecular formula is C10H9N3O4. The number of carbonyl (C=O) groups is 2. The molecule has 1 rings (SSSR count). The van der Waals surface area contributed by atoms with Crippen LogP contribution in [0.15, 0.2) is 24.3 Å². The molecule has 88 valence electrons. The summed E-state index contributed by atoms with van der Waals surface area (Å²) < 4.78 is 0. The second kappa shape index (κ2) is 6.09. The highest BCUT2D eigenvalue weighted by Crippen LogP contribution is 2.08. The molecule has 2 amide bonds. The number of nitrogens with one attached hydrogen (secondary N) is 2. The van der Waals surface area contributed by atoms with Crippen molar-refractivity contribution in [3.8, 4) is 6.07 Å². The number of anilines is 1. The van der Waals surface area contributed by atoms with Crippen LogP contribution in [0.5, 0.6) is 0 Å². The molecule has 0 saturated carbocycles. The van der Waals surface area contributed by atoms with Crippen LogP contribution in [0, 0.1) is 11.3 Å². The summed E-state index contributed by atoms with van der Waals surface area (Å²) in [4.78, 5) is 25.6. The number of nitriles is 1. The van der Waals surface area contributed by atoms with E-state index in [-0.39, 0.29) is 0 Å². The topological polar surface area (TPSA) is 111 Å². The van der Waals surface area contributed by atoms with E-state index in [9.17, 15) is 9.59 Å². The van der Waals surface area contributed by atoms with Gasteiger partial charge in [0.05, 0.1) is 11.6 Å². The molecule has 7 nitrogen and oxygen atoms in total. The normalized spacial score (nSPS) is 9.12. The number of amides is 2. The van der Waals surface area contributed by atoms with Gasteiger partial charge in [-0.15, -0.1) is 0 Å². The standard InChI is InChI=1S/C10H9N3O4/c11-5-7-1-3-8(4-2-7)12-10(16)13-17-6-9(14)15/h1-4H,6H2,(H,14,15)(H2,12,13,16). The van der Waals surface area contributed by atoms with Crippen LogP contribution in [0.25, 0.3) is 0 Å². The van der Waals surface area contributed by atoms with Crippen molar-refractivity contribution in [1.29, 1.82) is 5.26 Å². The predicted octanol–water partition coefficient (Wildman–Crippen LogP) is 0.696. The number of aliphatic carboxylic acids is 1. The Morgan fingerprint density at radius 2 is 2.00 bits per heavy atom. The van der Waals surface area contributed by atoms with Crippen LogP contribution in [-0.4, -0.2) is 23.7 Å². The van der Waals surface area contributed by atoms with Crippen molar-refractivity contribution >= 4 is 17.7 Å². The molecule has 0 spiro atoms. The summed E-state index contributed by atoms with van der Waals surface area (Å²) in [5.41, 5.74) is 2.82. The highest BCUT2D eigenvalue weighted by molar-refractivity contribution is 5.88. The van der Waals surface area contributed by atoms with Gasteiger partial charge in [-0.3, -0.25) is 4.84 Å². The molecule has 0 unspecified atom stereocenters. The van der Waals surface area contributed by atoms with Gasteiger partial charge in [-0.1, -0.05) is 0 Å². The number of carboxylic acid groups (broad SMARTS) is 1. The molecule has 7 heteroatoms. The summed E-state index contributed by atoms with van der Waals surface area (Å²) in [7, 11) is 0. The van der Waals surface area contributed by atoms with Gasteiger partial charge in [-0.25, -0.2) is 15.1 Å². The minimum absolute atomic E-state index is 0.459. The van der Waals surface area contributed by atoms with Gasteiger partial charge >= 0.3 is 12.0 Å². The number of carboxylic acids is 1. The van der Waals surface area contributed by atoms with E-state index in [1.54, 1.807) is 0 Å². The third-order valence-corrected chi connectivity index (χ3v) is 1.63. The summed E-state index contributed by atoms with van der Waals surface area (Å²) in [6.45, 7) is -0.624. The summed E-state index contributed by atoms with van der Waals surface area (Å²) in [5, 5.41) is 19.2. The number of nitrogens with zero attached hydrogens (tertiary/aromatic N) is 1. The van der Waals surface area contributed by atoms with E-state index in [0.29, 0.717) is 11.3 Å². The Morgan fingerprint density at radius 1 is 1.35 bits per heavy atom. The van der Waals surface area contributed by atoms with Crippen LogP contribution < -0.4 is 10.8 Å². The largest absolute Gasteiger partial charge is 0.479 e. The van der Waals surface area contributed by atoms with Gasteiger partial charge in [-0.05, 0) is 24.3 Å². The molecule has 3 N–H and O–H groups in total. The Morgan fingerprint density at radius 3 is 2.53 bits per heavy atom.